The number of carbonyl (C=O) groups excluding carboxylic acids is 1. The summed E-state index contributed by atoms with van der Waals surface area (Å²) in [5.41, 5.74) is 3.01. The first kappa shape index (κ1) is 16.2. The van der Waals surface area contributed by atoms with E-state index in [0.29, 0.717) is 23.0 Å². The SMILES string of the molecule is Cc1c(C(=O)NCCc2ccccc2)nnn1-c1ccc(Cl)cc1. The molecule has 2 aromatic carbocycles. The Bertz CT molecular complexity index is 828. The maximum Gasteiger partial charge on any atom is 0.273 e. The highest BCUT2D eigenvalue weighted by atomic mass is 35.5. The molecule has 0 spiro atoms. The molecule has 1 heterocycles. The topological polar surface area (TPSA) is 59.8 Å². The summed E-state index contributed by atoms with van der Waals surface area (Å²) in [5, 5.41) is 11.6. The number of rotatable bonds is 5. The normalized spacial score (nSPS) is 10.6. The zero-order chi connectivity index (χ0) is 16.9. The number of nitrogens with one attached hydrogen (secondary N) is 1. The summed E-state index contributed by atoms with van der Waals surface area (Å²) in [7, 11) is 0. The van der Waals surface area contributed by atoms with Crippen LogP contribution in [0.3, 0.4) is 0 Å². The average Bonchev–Trinajstić information content (AvgIpc) is 2.98. The molecule has 0 saturated carbocycles. The molecular formula is C18H17ClN4O. The maximum atomic E-state index is 12.3. The Morgan fingerprint density at radius 2 is 1.83 bits per heavy atom. The van der Waals surface area contributed by atoms with E-state index in [1.165, 1.54) is 5.56 Å². The first-order valence-corrected chi connectivity index (χ1v) is 8.03. The minimum atomic E-state index is -0.219. The Hall–Kier alpha value is -2.66. The van der Waals surface area contributed by atoms with E-state index in [1.54, 1.807) is 16.8 Å². The molecule has 0 fully saturated rings. The number of amides is 1. The van der Waals surface area contributed by atoms with Gasteiger partial charge in [0.25, 0.3) is 5.91 Å². The van der Waals surface area contributed by atoms with Crippen LogP contribution in [0.4, 0.5) is 0 Å². The number of benzene rings is 2. The van der Waals surface area contributed by atoms with Gasteiger partial charge in [-0.1, -0.05) is 47.1 Å². The molecule has 0 bridgehead atoms. The number of halogens is 1. The number of hydrogen-bond acceptors (Lipinski definition) is 3. The Kier molecular flexibility index (Phi) is 4.91. The van der Waals surface area contributed by atoms with Gasteiger partial charge in [0.2, 0.25) is 0 Å². The molecule has 122 valence electrons. The van der Waals surface area contributed by atoms with Crippen molar-refractivity contribution in [2.75, 3.05) is 6.54 Å². The molecule has 6 heteroatoms. The predicted molar refractivity (Wildman–Crippen MR) is 93.6 cm³/mol. The lowest BCUT2D eigenvalue weighted by Crippen LogP contribution is -2.26. The molecule has 0 radical (unpaired) electrons. The molecular weight excluding hydrogens is 324 g/mol. The van der Waals surface area contributed by atoms with Gasteiger partial charge in [-0.2, -0.15) is 0 Å². The number of carbonyl (C=O) groups is 1. The van der Waals surface area contributed by atoms with Crippen LogP contribution in [0.2, 0.25) is 5.02 Å². The minimum Gasteiger partial charge on any atom is -0.350 e. The van der Waals surface area contributed by atoms with E-state index in [1.807, 2.05) is 49.4 Å². The summed E-state index contributed by atoms with van der Waals surface area (Å²) in [6.07, 6.45) is 0.775. The lowest BCUT2D eigenvalue weighted by atomic mass is 10.1. The molecule has 0 aliphatic heterocycles. The largest absolute Gasteiger partial charge is 0.350 e. The molecule has 3 aromatic rings. The van der Waals surface area contributed by atoms with E-state index >= 15 is 0 Å². The Morgan fingerprint density at radius 1 is 1.12 bits per heavy atom. The third-order valence-corrected chi connectivity index (χ3v) is 3.97. The highest BCUT2D eigenvalue weighted by Gasteiger charge is 2.16. The second-order valence-corrected chi connectivity index (χ2v) is 5.84. The van der Waals surface area contributed by atoms with Crippen LogP contribution in [-0.2, 0) is 6.42 Å². The van der Waals surface area contributed by atoms with Gasteiger partial charge in [-0.05, 0) is 43.2 Å². The predicted octanol–water partition coefficient (Wildman–Crippen LogP) is 3.20. The monoisotopic (exact) mass is 340 g/mol. The van der Waals surface area contributed by atoms with Crippen LogP contribution in [0.1, 0.15) is 21.7 Å². The average molecular weight is 341 g/mol. The van der Waals surface area contributed by atoms with Crippen molar-refractivity contribution in [2.45, 2.75) is 13.3 Å². The van der Waals surface area contributed by atoms with E-state index < -0.39 is 0 Å². The molecule has 1 N–H and O–H groups in total. The van der Waals surface area contributed by atoms with Crippen molar-refractivity contribution in [1.82, 2.24) is 20.3 Å². The smallest absolute Gasteiger partial charge is 0.273 e. The van der Waals surface area contributed by atoms with Crippen molar-refractivity contribution < 1.29 is 4.79 Å². The van der Waals surface area contributed by atoms with Gasteiger partial charge in [0.15, 0.2) is 5.69 Å². The fraction of sp³-hybridized carbons (Fsp3) is 0.167. The van der Waals surface area contributed by atoms with Crippen LogP contribution in [0.15, 0.2) is 54.6 Å². The Morgan fingerprint density at radius 3 is 2.54 bits per heavy atom. The fourth-order valence-electron chi connectivity index (χ4n) is 2.42. The molecule has 0 saturated heterocycles. The van der Waals surface area contributed by atoms with Gasteiger partial charge in [-0.25, -0.2) is 4.68 Å². The summed E-state index contributed by atoms with van der Waals surface area (Å²) < 4.78 is 1.63. The molecule has 3 rings (SSSR count). The van der Waals surface area contributed by atoms with Crippen LogP contribution in [0.25, 0.3) is 5.69 Å². The molecule has 1 aromatic heterocycles. The number of hydrogen-bond donors (Lipinski definition) is 1. The Labute approximate surface area is 145 Å². The van der Waals surface area contributed by atoms with Crippen molar-refractivity contribution in [3.63, 3.8) is 0 Å². The first-order chi connectivity index (χ1) is 11.6. The first-order valence-electron chi connectivity index (χ1n) is 7.65. The van der Waals surface area contributed by atoms with Crippen molar-refractivity contribution in [2.24, 2.45) is 0 Å². The quantitative estimate of drug-likeness (QED) is 0.776. The van der Waals surface area contributed by atoms with Crippen LogP contribution < -0.4 is 5.32 Å². The lowest BCUT2D eigenvalue weighted by Gasteiger charge is -2.05. The molecule has 0 atom stereocenters. The van der Waals surface area contributed by atoms with E-state index in [4.69, 9.17) is 11.6 Å². The van der Waals surface area contributed by atoms with Gasteiger partial charge in [0, 0.05) is 11.6 Å². The van der Waals surface area contributed by atoms with Gasteiger partial charge in [-0.3, -0.25) is 4.79 Å². The van der Waals surface area contributed by atoms with Gasteiger partial charge in [0.05, 0.1) is 11.4 Å². The van der Waals surface area contributed by atoms with E-state index in [-0.39, 0.29) is 5.91 Å². The maximum absolute atomic E-state index is 12.3. The zero-order valence-electron chi connectivity index (χ0n) is 13.2. The Balaban J connectivity index is 1.66. The lowest BCUT2D eigenvalue weighted by molar-refractivity contribution is 0.0948. The summed E-state index contributed by atoms with van der Waals surface area (Å²) >= 11 is 5.89. The van der Waals surface area contributed by atoms with Crippen molar-refractivity contribution in [3.05, 3.63) is 76.6 Å². The van der Waals surface area contributed by atoms with Crippen LogP contribution in [-0.4, -0.2) is 27.4 Å². The van der Waals surface area contributed by atoms with Crippen molar-refractivity contribution in [1.29, 1.82) is 0 Å². The molecule has 5 nitrogen and oxygen atoms in total. The van der Waals surface area contributed by atoms with Crippen LogP contribution in [0.5, 0.6) is 0 Å². The third kappa shape index (κ3) is 3.63. The standard InChI is InChI=1S/C18H17ClN4O/c1-13-17(18(24)20-12-11-14-5-3-2-4-6-14)21-22-23(13)16-9-7-15(19)8-10-16/h2-10H,11-12H2,1H3,(H,20,24). The molecule has 0 unspecified atom stereocenters. The van der Waals surface area contributed by atoms with Gasteiger partial charge in [0.1, 0.15) is 0 Å². The highest BCUT2D eigenvalue weighted by Crippen LogP contribution is 2.15. The fourth-order valence-corrected chi connectivity index (χ4v) is 2.54. The number of aromatic nitrogens is 3. The summed E-state index contributed by atoms with van der Waals surface area (Å²) in [6.45, 7) is 2.37. The minimum absolute atomic E-state index is 0.219. The highest BCUT2D eigenvalue weighted by molar-refractivity contribution is 6.30. The third-order valence-electron chi connectivity index (χ3n) is 3.72. The molecule has 0 aliphatic rings. The summed E-state index contributed by atoms with van der Waals surface area (Å²) in [6, 6.07) is 17.2. The van der Waals surface area contributed by atoms with Crippen LogP contribution >= 0.6 is 11.6 Å². The van der Waals surface area contributed by atoms with Gasteiger partial charge < -0.3 is 5.32 Å². The molecule has 24 heavy (non-hydrogen) atoms. The molecule has 0 aliphatic carbocycles. The van der Waals surface area contributed by atoms with Crippen molar-refractivity contribution >= 4 is 17.5 Å². The summed E-state index contributed by atoms with van der Waals surface area (Å²) in [4.78, 5) is 12.3. The number of nitrogens with zero attached hydrogens (tertiary/aromatic N) is 3. The molecule has 1 amide bonds. The van der Waals surface area contributed by atoms with E-state index in [0.717, 1.165) is 12.1 Å². The van der Waals surface area contributed by atoms with E-state index in [9.17, 15) is 4.79 Å². The van der Waals surface area contributed by atoms with Gasteiger partial charge >= 0.3 is 0 Å². The van der Waals surface area contributed by atoms with Gasteiger partial charge in [-0.15, -0.1) is 5.10 Å². The summed E-state index contributed by atoms with van der Waals surface area (Å²) in [5.74, 6) is -0.219. The second-order valence-electron chi connectivity index (χ2n) is 5.40. The van der Waals surface area contributed by atoms with Crippen molar-refractivity contribution in [3.8, 4) is 5.69 Å². The van der Waals surface area contributed by atoms with Crippen LogP contribution in [0, 0.1) is 6.92 Å². The van der Waals surface area contributed by atoms with E-state index in [2.05, 4.69) is 15.6 Å². The zero-order valence-corrected chi connectivity index (χ0v) is 14.0. The second kappa shape index (κ2) is 7.27.